The maximum absolute atomic E-state index is 5.47. The standard InChI is InChI=1S/C21H26N4O3/c1-26-17-11-14(12-18(27-2)20(17)28-3)13-25-9-6-15(7-10-25)19-16-5-4-8-22-21(16)24-23-19/h4-5,8,11-12,15H,6-7,9-10,13H2,1-3H3,(H,22,23,24). The largest absolute Gasteiger partial charge is 0.493 e. The molecule has 3 heterocycles. The number of aromatic amines is 1. The van der Waals surface area contributed by atoms with Crippen molar-refractivity contribution in [1.82, 2.24) is 20.1 Å². The monoisotopic (exact) mass is 382 g/mol. The molecule has 0 radical (unpaired) electrons. The highest BCUT2D eigenvalue weighted by Crippen LogP contribution is 2.39. The lowest BCUT2D eigenvalue weighted by atomic mass is 9.92. The summed E-state index contributed by atoms with van der Waals surface area (Å²) in [5.41, 5.74) is 3.18. The van der Waals surface area contributed by atoms with Gasteiger partial charge in [-0.15, -0.1) is 0 Å². The molecule has 1 aliphatic rings. The average molecular weight is 382 g/mol. The van der Waals surface area contributed by atoms with E-state index in [1.165, 1.54) is 5.69 Å². The molecule has 0 atom stereocenters. The van der Waals surface area contributed by atoms with Crippen LogP contribution in [-0.2, 0) is 6.54 Å². The molecule has 0 saturated carbocycles. The third-order valence-corrected chi connectivity index (χ3v) is 5.49. The number of nitrogens with one attached hydrogen (secondary N) is 1. The second-order valence-electron chi connectivity index (χ2n) is 7.10. The van der Waals surface area contributed by atoms with Crippen LogP contribution >= 0.6 is 0 Å². The molecule has 4 rings (SSSR count). The molecule has 1 N–H and O–H groups in total. The zero-order valence-corrected chi connectivity index (χ0v) is 16.6. The molecule has 0 aliphatic carbocycles. The lowest BCUT2D eigenvalue weighted by molar-refractivity contribution is 0.203. The minimum absolute atomic E-state index is 0.491. The van der Waals surface area contributed by atoms with Crippen LogP contribution in [-0.4, -0.2) is 54.5 Å². The highest BCUT2D eigenvalue weighted by Gasteiger charge is 2.24. The number of likely N-dealkylation sites (tertiary alicyclic amines) is 1. The molecule has 0 amide bonds. The van der Waals surface area contributed by atoms with Crippen LogP contribution in [0.5, 0.6) is 17.2 Å². The minimum Gasteiger partial charge on any atom is -0.493 e. The minimum atomic E-state index is 0.491. The van der Waals surface area contributed by atoms with Crippen molar-refractivity contribution in [3.8, 4) is 17.2 Å². The second-order valence-corrected chi connectivity index (χ2v) is 7.10. The molecular weight excluding hydrogens is 356 g/mol. The zero-order valence-electron chi connectivity index (χ0n) is 16.6. The van der Waals surface area contributed by atoms with E-state index in [0.29, 0.717) is 23.2 Å². The predicted molar refractivity (Wildman–Crippen MR) is 107 cm³/mol. The Morgan fingerprint density at radius 1 is 1.07 bits per heavy atom. The van der Waals surface area contributed by atoms with E-state index in [1.54, 1.807) is 27.5 Å². The summed E-state index contributed by atoms with van der Waals surface area (Å²) in [6.45, 7) is 2.92. The van der Waals surface area contributed by atoms with Gasteiger partial charge in [0.15, 0.2) is 17.1 Å². The number of aromatic nitrogens is 3. The van der Waals surface area contributed by atoms with Gasteiger partial charge in [-0.3, -0.25) is 10.00 Å². The Kier molecular flexibility index (Phi) is 5.34. The summed E-state index contributed by atoms with van der Waals surface area (Å²) in [4.78, 5) is 6.79. The third-order valence-electron chi connectivity index (χ3n) is 5.49. The molecule has 0 spiro atoms. The van der Waals surface area contributed by atoms with E-state index in [-0.39, 0.29) is 0 Å². The van der Waals surface area contributed by atoms with Gasteiger partial charge in [0.2, 0.25) is 5.75 Å². The molecule has 2 aromatic heterocycles. The van der Waals surface area contributed by atoms with Gasteiger partial charge >= 0.3 is 0 Å². The van der Waals surface area contributed by atoms with Gasteiger partial charge in [-0.05, 0) is 55.8 Å². The number of rotatable bonds is 6. The molecule has 0 unspecified atom stereocenters. The van der Waals surface area contributed by atoms with Gasteiger partial charge in [0, 0.05) is 29.7 Å². The number of piperidine rings is 1. The highest BCUT2D eigenvalue weighted by atomic mass is 16.5. The van der Waals surface area contributed by atoms with Gasteiger partial charge in [-0.2, -0.15) is 5.10 Å². The first kappa shape index (κ1) is 18.6. The first-order valence-corrected chi connectivity index (χ1v) is 9.53. The predicted octanol–water partition coefficient (Wildman–Crippen LogP) is 3.36. The third kappa shape index (κ3) is 3.49. The van der Waals surface area contributed by atoms with Gasteiger partial charge in [0.1, 0.15) is 0 Å². The van der Waals surface area contributed by atoms with E-state index in [4.69, 9.17) is 14.2 Å². The lowest BCUT2D eigenvalue weighted by Crippen LogP contribution is -2.32. The summed E-state index contributed by atoms with van der Waals surface area (Å²) in [5, 5.41) is 8.70. The molecule has 148 valence electrons. The van der Waals surface area contributed by atoms with Crippen molar-refractivity contribution in [2.24, 2.45) is 0 Å². The number of ether oxygens (including phenoxy) is 3. The van der Waals surface area contributed by atoms with Crippen LogP contribution in [0.2, 0.25) is 0 Å². The Bertz CT molecular complexity index is 923. The van der Waals surface area contributed by atoms with Crippen molar-refractivity contribution in [1.29, 1.82) is 0 Å². The number of H-pyrrole nitrogens is 1. The molecule has 0 bridgehead atoms. The summed E-state index contributed by atoms with van der Waals surface area (Å²) in [5.74, 6) is 2.52. The number of benzene rings is 1. The fourth-order valence-electron chi connectivity index (χ4n) is 4.05. The van der Waals surface area contributed by atoms with Crippen LogP contribution in [0.4, 0.5) is 0 Å². The molecule has 1 saturated heterocycles. The average Bonchev–Trinajstić information content (AvgIpc) is 3.17. The molecular formula is C21H26N4O3. The number of pyridine rings is 1. The van der Waals surface area contributed by atoms with Gasteiger partial charge in [-0.25, -0.2) is 4.98 Å². The number of methoxy groups -OCH3 is 3. The van der Waals surface area contributed by atoms with Crippen LogP contribution < -0.4 is 14.2 Å². The van der Waals surface area contributed by atoms with Crippen molar-refractivity contribution in [2.75, 3.05) is 34.4 Å². The molecule has 1 aliphatic heterocycles. The Labute approximate surface area is 164 Å². The van der Waals surface area contributed by atoms with Crippen LogP contribution in [0.25, 0.3) is 11.0 Å². The van der Waals surface area contributed by atoms with Crippen molar-refractivity contribution in [3.05, 3.63) is 41.7 Å². The van der Waals surface area contributed by atoms with E-state index >= 15 is 0 Å². The molecule has 3 aromatic rings. The van der Waals surface area contributed by atoms with Crippen molar-refractivity contribution in [3.63, 3.8) is 0 Å². The molecule has 28 heavy (non-hydrogen) atoms. The number of nitrogens with zero attached hydrogens (tertiary/aromatic N) is 3. The van der Waals surface area contributed by atoms with Gasteiger partial charge < -0.3 is 14.2 Å². The molecule has 1 aromatic carbocycles. The van der Waals surface area contributed by atoms with Crippen LogP contribution in [0.3, 0.4) is 0 Å². The topological polar surface area (TPSA) is 72.5 Å². The highest BCUT2D eigenvalue weighted by molar-refractivity contribution is 5.77. The Morgan fingerprint density at radius 3 is 2.43 bits per heavy atom. The maximum Gasteiger partial charge on any atom is 0.203 e. The summed E-state index contributed by atoms with van der Waals surface area (Å²) >= 11 is 0. The fraction of sp³-hybridized carbons (Fsp3) is 0.429. The summed E-state index contributed by atoms with van der Waals surface area (Å²) in [6, 6.07) is 8.13. The van der Waals surface area contributed by atoms with Crippen molar-refractivity contribution in [2.45, 2.75) is 25.3 Å². The fourth-order valence-corrected chi connectivity index (χ4v) is 4.05. The molecule has 7 nitrogen and oxygen atoms in total. The van der Waals surface area contributed by atoms with E-state index in [0.717, 1.165) is 49.1 Å². The smallest absolute Gasteiger partial charge is 0.203 e. The first-order chi connectivity index (χ1) is 13.7. The Hall–Kier alpha value is -2.80. The summed E-state index contributed by atoms with van der Waals surface area (Å²) < 4.78 is 16.4. The number of hydrogen-bond acceptors (Lipinski definition) is 6. The Morgan fingerprint density at radius 2 is 1.79 bits per heavy atom. The van der Waals surface area contributed by atoms with Crippen LogP contribution in [0.1, 0.15) is 30.0 Å². The van der Waals surface area contributed by atoms with Gasteiger partial charge in [0.05, 0.1) is 21.3 Å². The molecule has 7 heteroatoms. The van der Waals surface area contributed by atoms with E-state index in [9.17, 15) is 0 Å². The summed E-state index contributed by atoms with van der Waals surface area (Å²) in [6.07, 6.45) is 3.97. The maximum atomic E-state index is 5.47. The quantitative estimate of drug-likeness (QED) is 0.705. The van der Waals surface area contributed by atoms with Gasteiger partial charge in [-0.1, -0.05) is 0 Å². The summed E-state index contributed by atoms with van der Waals surface area (Å²) in [7, 11) is 4.92. The van der Waals surface area contributed by atoms with E-state index in [1.807, 2.05) is 18.2 Å². The Balaban J connectivity index is 1.45. The second kappa shape index (κ2) is 8.06. The molecule has 1 fully saturated rings. The number of fused-ring (bicyclic) bond motifs is 1. The van der Waals surface area contributed by atoms with E-state index in [2.05, 4.69) is 26.1 Å². The zero-order chi connectivity index (χ0) is 19.5. The van der Waals surface area contributed by atoms with Gasteiger partial charge in [0.25, 0.3) is 0 Å². The number of hydrogen-bond donors (Lipinski definition) is 1. The van der Waals surface area contributed by atoms with Crippen LogP contribution in [0, 0.1) is 0 Å². The SMILES string of the molecule is COc1cc(CN2CCC(c3[nH]nc4ncccc34)CC2)cc(OC)c1OC. The van der Waals surface area contributed by atoms with Crippen LogP contribution in [0.15, 0.2) is 30.5 Å². The first-order valence-electron chi connectivity index (χ1n) is 9.53. The van der Waals surface area contributed by atoms with Crippen molar-refractivity contribution >= 4 is 11.0 Å². The van der Waals surface area contributed by atoms with E-state index < -0.39 is 0 Å². The van der Waals surface area contributed by atoms with Crippen molar-refractivity contribution < 1.29 is 14.2 Å². The normalized spacial score (nSPS) is 15.7. The lowest BCUT2D eigenvalue weighted by Gasteiger charge is -2.31.